The summed E-state index contributed by atoms with van der Waals surface area (Å²) in [6.07, 6.45) is 5.16. The Balaban J connectivity index is 1.92. The zero-order valence-corrected chi connectivity index (χ0v) is 12.0. The molecule has 106 valence electrons. The van der Waals surface area contributed by atoms with Crippen molar-refractivity contribution in [1.82, 2.24) is 5.32 Å². The summed E-state index contributed by atoms with van der Waals surface area (Å²) in [5.74, 6) is 0.135. The van der Waals surface area contributed by atoms with E-state index in [0.717, 1.165) is 18.4 Å². The van der Waals surface area contributed by atoms with Crippen molar-refractivity contribution in [3.8, 4) is 0 Å². The number of imide groups is 1. The van der Waals surface area contributed by atoms with Crippen LogP contribution < -0.4 is 5.32 Å². The average Bonchev–Trinajstić information content (AvgIpc) is 2.93. The van der Waals surface area contributed by atoms with Crippen LogP contribution in [-0.4, -0.2) is 11.8 Å². The Morgan fingerprint density at radius 3 is 2.35 bits per heavy atom. The van der Waals surface area contributed by atoms with Crippen molar-refractivity contribution in [2.75, 3.05) is 0 Å². The van der Waals surface area contributed by atoms with Gasteiger partial charge in [-0.15, -0.1) is 0 Å². The minimum atomic E-state index is -0.215. The van der Waals surface area contributed by atoms with E-state index in [2.05, 4.69) is 5.32 Å². The molecule has 2 atom stereocenters. The highest BCUT2D eigenvalue weighted by Gasteiger charge is 2.41. The summed E-state index contributed by atoms with van der Waals surface area (Å²) in [5, 5.41) is 3.15. The first-order valence-corrected chi connectivity index (χ1v) is 7.62. The third-order valence-electron chi connectivity index (χ3n) is 4.63. The van der Waals surface area contributed by atoms with Crippen LogP contribution in [0.15, 0.2) is 24.3 Å². The first-order chi connectivity index (χ1) is 9.65. The van der Waals surface area contributed by atoms with Gasteiger partial charge in [-0.25, -0.2) is 0 Å². The SMILES string of the molecule is O=C1CC(C2CCCC2)C(c2ccc(Cl)cc2)C(=O)N1. The second-order valence-corrected chi connectivity index (χ2v) is 6.29. The van der Waals surface area contributed by atoms with Crippen LogP contribution in [0.1, 0.15) is 43.6 Å². The Kier molecular flexibility index (Phi) is 3.79. The van der Waals surface area contributed by atoms with Gasteiger partial charge in [0.05, 0.1) is 5.92 Å². The molecule has 3 nitrogen and oxygen atoms in total. The second kappa shape index (κ2) is 5.57. The van der Waals surface area contributed by atoms with Gasteiger partial charge in [0.2, 0.25) is 11.8 Å². The monoisotopic (exact) mass is 291 g/mol. The molecule has 0 aromatic heterocycles. The Morgan fingerprint density at radius 2 is 1.70 bits per heavy atom. The van der Waals surface area contributed by atoms with Crippen LogP contribution in [0.2, 0.25) is 5.02 Å². The average molecular weight is 292 g/mol. The smallest absolute Gasteiger partial charge is 0.234 e. The molecule has 1 aliphatic carbocycles. The van der Waals surface area contributed by atoms with E-state index in [-0.39, 0.29) is 23.7 Å². The Morgan fingerprint density at radius 1 is 1.05 bits per heavy atom. The van der Waals surface area contributed by atoms with Gasteiger partial charge in [0.15, 0.2) is 0 Å². The molecular formula is C16H18ClNO2. The topological polar surface area (TPSA) is 46.2 Å². The summed E-state index contributed by atoms with van der Waals surface area (Å²) < 4.78 is 0. The molecular weight excluding hydrogens is 274 g/mol. The third kappa shape index (κ3) is 2.59. The number of hydrogen-bond acceptors (Lipinski definition) is 2. The number of carbonyl (C=O) groups excluding carboxylic acids is 2. The molecule has 3 rings (SSSR count). The molecule has 4 heteroatoms. The van der Waals surface area contributed by atoms with Crippen molar-refractivity contribution < 1.29 is 9.59 Å². The van der Waals surface area contributed by atoms with Crippen LogP contribution in [0, 0.1) is 11.8 Å². The fourth-order valence-electron chi connectivity index (χ4n) is 3.69. The summed E-state index contributed by atoms with van der Waals surface area (Å²) in [5.41, 5.74) is 0.969. The summed E-state index contributed by atoms with van der Waals surface area (Å²) in [6, 6.07) is 7.44. The number of benzene rings is 1. The number of rotatable bonds is 2. The van der Waals surface area contributed by atoms with E-state index in [1.807, 2.05) is 24.3 Å². The van der Waals surface area contributed by atoms with Crippen molar-refractivity contribution in [3.63, 3.8) is 0 Å². The van der Waals surface area contributed by atoms with Crippen LogP contribution in [-0.2, 0) is 9.59 Å². The summed E-state index contributed by atoms with van der Waals surface area (Å²) in [6.45, 7) is 0. The van der Waals surface area contributed by atoms with E-state index in [1.54, 1.807) is 0 Å². The number of halogens is 1. The van der Waals surface area contributed by atoms with Crippen LogP contribution >= 0.6 is 11.6 Å². The van der Waals surface area contributed by atoms with E-state index in [0.29, 0.717) is 17.4 Å². The second-order valence-electron chi connectivity index (χ2n) is 5.85. The highest BCUT2D eigenvalue weighted by Crippen LogP contribution is 2.43. The van der Waals surface area contributed by atoms with Crippen molar-refractivity contribution in [2.24, 2.45) is 11.8 Å². The predicted octanol–water partition coefficient (Wildman–Crippen LogP) is 3.28. The van der Waals surface area contributed by atoms with Gasteiger partial charge in [-0.05, 0) is 29.5 Å². The molecule has 2 fully saturated rings. The first-order valence-electron chi connectivity index (χ1n) is 7.24. The molecule has 0 spiro atoms. The number of nitrogens with one attached hydrogen (secondary N) is 1. The normalized spacial score (nSPS) is 27.6. The van der Waals surface area contributed by atoms with Gasteiger partial charge in [-0.2, -0.15) is 0 Å². The van der Waals surface area contributed by atoms with Gasteiger partial charge in [-0.3, -0.25) is 14.9 Å². The number of piperidine rings is 1. The van der Waals surface area contributed by atoms with E-state index in [9.17, 15) is 9.59 Å². The molecule has 1 saturated heterocycles. The largest absolute Gasteiger partial charge is 0.296 e. The van der Waals surface area contributed by atoms with Crippen LogP contribution in [0.25, 0.3) is 0 Å². The molecule has 1 aromatic carbocycles. The lowest BCUT2D eigenvalue weighted by molar-refractivity contribution is -0.137. The highest BCUT2D eigenvalue weighted by molar-refractivity contribution is 6.30. The first kappa shape index (κ1) is 13.6. The fourth-order valence-corrected chi connectivity index (χ4v) is 3.81. The number of hydrogen-bond donors (Lipinski definition) is 1. The third-order valence-corrected chi connectivity index (χ3v) is 4.88. The van der Waals surface area contributed by atoms with Gasteiger partial charge in [0, 0.05) is 11.4 Å². The van der Waals surface area contributed by atoms with E-state index in [4.69, 9.17) is 11.6 Å². The van der Waals surface area contributed by atoms with Gasteiger partial charge in [-0.1, -0.05) is 49.4 Å². The standard InChI is InChI=1S/C16H18ClNO2/c17-12-7-5-11(6-8-12)15-13(10-3-1-2-4-10)9-14(19)18-16(15)20/h5-8,10,13,15H,1-4,9H2,(H,18,19,20). The van der Waals surface area contributed by atoms with Crippen LogP contribution in [0.5, 0.6) is 0 Å². The van der Waals surface area contributed by atoms with Crippen molar-refractivity contribution in [1.29, 1.82) is 0 Å². The van der Waals surface area contributed by atoms with E-state index >= 15 is 0 Å². The molecule has 2 aliphatic rings. The number of amides is 2. The van der Waals surface area contributed by atoms with Crippen LogP contribution in [0.4, 0.5) is 0 Å². The quantitative estimate of drug-likeness (QED) is 0.850. The van der Waals surface area contributed by atoms with Gasteiger partial charge in [0.25, 0.3) is 0 Å². The summed E-state index contributed by atoms with van der Waals surface area (Å²) >= 11 is 5.92. The molecule has 2 unspecified atom stereocenters. The van der Waals surface area contributed by atoms with Crippen molar-refractivity contribution >= 4 is 23.4 Å². The minimum absolute atomic E-state index is 0.128. The highest BCUT2D eigenvalue weighted by atomic mass is 35.5. The lowest BCUT2D eigenvalue weighted by Crippen LogP contribution is -2.46. The zero-order chi connectivity index (χ0) is 14.1. The molecule has 0 bridgehead atoms. The lowest BCUT2D eigenvalue weighted by atomic mass is 9.73. The molecule has 20 heavy (non-hydrogen) atoms. The van der Waals surface area contributed by atoms with Gasteiger partial charge >= 0.3 is 0 Å². The number of carbonyl (C=O) groups is 2. The molecule has 0 radical (unpaired) electrons. The van der Waals surface area contributed by atoms with Crippen molar-refractivity contribution in [2.45, 2.75) is 38.0 Å². The van der Waals surface area contributed by atoms with Gasteiger partial charge in [0.1, 0.15) is 0 Å². The molecule has 1 aliphatic heterocycles. The van der Waals surface area contributed by atoms with Crippen LogP contribution in [0.3, 0.4) is 0 Å². The maximum Gasteiger partial charge on any atom is 0.234 e. The maximum atomic E-state index is 12.3. The summed E-state index contributed by atoms with van der Waals surface area (Å²) in [4.78, 5) is 24.0. The predicted molar refractivity (Wildman–Crippen MR) is 77.4 cm³/mol. The maximum absolute atomic E-state index is 12.3. The lowest BCUT2D eigenvalue weighted by Gasteiger charge is -2.34. The molecule has 1 aromatic rings. The minimum Gasteiger partial charge on any atom is -0.296 e. The molecule has 1 saturated carbocycles. The molecule has 1 heterocycles. The fraction of sp³-hybridized carbons (Fsp3) is 0.500. The van der Waals surface area contributed by atoms with E-state index in [1.165, 1.54) is 12.8 Å². The Bertz CT molecular complexity index is 520. The summed E-state index contributed by atoms with van der Waals surface area (Å²) in [7, 11) is 0. The Labute approximate surface area is 123 Å². The molecule has 1 N–H and O–H groups in total. The van der Waals surface area contributed by atoms with E-state index < -0.39 is 0 Å². The van der Waals surface area contributed by atoms with Gasteiger partial charge < -0.3 is 0 Å². The Hall–Kier alpha value is -1.35. The van der Waals surface area contributed by atoms with Crippen molar-refractivity contribution in [3.05, 3.63) is 34.9 Å². The molecule has 2 amide bonds. The zero-order valence-electron chi connectivity index (χ0n) is 11.3.